The van der Waals surface area contributed by atoms with E-state index in [2.05, 4.69) is 36.9 Å². The van der Waals surface area contributed by atoms with Gasteiger partial charge in [0.05, 0.1) is 5.75 Å². The van der Waals surface area contributed by atoms with Crippen molar-refractivity contribution in [3.05, 3.63) is 60.2 Å². The minimum absolute atomic E-state index is 0.531. The number of aromatic nitrogens is 6. The van der Waals surface area contributed by atoms with Gasteiger partial charge in [0.1, 0.15) is 0 Å². The number of rotatable bonds is 7. The van der Waals surface area contributed by atoms with Gasteiger partial charge in [0.15, 0.2) is 11.0 Å². The second-order valence-electron chi connectivity index (χ2n) is 6.35. The summed E-state index contributed by atoms with van der Waals surface area (Å²) in [7, 11) is 0. The quantitative estimate of drug-likeness (QED) is 0.431. The lowest BCUT2D eigenvalue weighted by Gasteiger charge is -2.08. The first kappa shape index (κ1) is 18.4. The summed E-state index contributed by atoms with van der Waals surface area (Å²) in [5, 5.41) is 17.9. The number of nitrogens with zero attached hydrogens (tertiary/aromatic N) is 6. The zero-order chi connectivity index (χ0) is 19.3. The fourth-order valence-corrected chi connectivity index (χ4v) is 3.59. The molecule has 0 spiro atoms. The van der Waals surface area contributed by atoms with E-state index in [-0.39, 0.29) is 0 Å². The maximum Gasteiger partial charge on any atom is 0.247 e. The lowest BCUT2D eigenvalue weighted by Crippen LogP contribution is -2.02. The standard InChI is InChI=1S/C20H20N6OS/c1-3-12-26-18(15-8-10-21-11-9-15)23-25-20(26)28-13-17-22-24-19(27-17)16-6-4-14(2)5-7-16/h4-11H,3,12-13H2,1-2H3. The highest BCUT2D eigenvalue weighted by Gasteiger charge is 2.16. The fraction of sp³-hybridized carbons (Fsp3) is 0.250. The number of hydrogen-bond acceptors (Lipinski definition) is 7. The first-order valence-corrected chi connectivity index (χ1v) is 10.1. The number of benzene rings is 1. The Balaban J connectivity index is 1.51. The van der Waals surface area contributed by atoms with Gasteiger partial charge >= 0.3 is 0 Å². The average Bonchev–Trinajstić information content (AvgIpc) is 3.35. The number of pyridine rings is 1. The summed E-state index contributed by atoms with van der Waals surface area (Å²) < 4.78 is 7.94. The number of thioether (sulfide) groups is 1. The molecule has 0 bridgehead atoms. The molecular weight excluding hydrogens is 372 g/mol. The highest BCUT2D eigenvalue weighted by atomic mass is 32.2. The van der Waals surface area contributed by atoms with Gasteiger partial charge in [-0.15, -0.1) is 20.4 Å². The van der Waals surface area contributed by atoms with E-state index in [1.165, 1.54) is 5.56 Å². The van der Waals surface area contributed by atoms with Crippen LogP contribution in [0.2, 0.25) is 0 Å². The third-order valence-electron chi connectivity index (χ3n) is 4.19. The molecule has 0 aliphatic carbocycles. The molecule has 3 heterocycles. The highest BCUT2D eigenvalue weighted by molar-refractivity contribution is 7.98. The molecule has 0 radical (unpaired) electrons. The van der Waals surface area contributed by atoms with Gasteiger partial charge in [-0.25, -0.2) is 0 Å². The largest absolute Gasteiger partial charge is 0.420 e. The lowest BCUT2D eigenvalue weighted by atomic mass is 10.1. The molecule has 0 aliphatic heterocycles. The van der Waals surface area contributed by atoms with E-state index in [0.717, 1.165) is 35.1 Å². The van der Waals surface area contributed by atoms with E-state index in [1.807, 2.05) is 43.3 Å². The minimum Gasteiger partial charge on any atom is -0.420 e. The highest BCUT2D eigenvalue weighted by Crippen LogP contribution is 2.27. The Hall–Kier alpha value is -3.00. The predicted molar refractivity (Wildman–Crippen MR) is 108 cm³/mol. The van der Waals surface area contributed by atoms with Crippen molar-refractivity contribution in [3.8, 4) is 22.8 Å². The zero-order valence-corrected chi connectivity index (χ0v) is 16.6. The molecule has 28 heavy (non-hydrogen) atoms. The molecule has 0 N–H and O–H groups in total. The molecule has 8 heteroatoms. The average molecular weight is 392 g/mol. The van der Waals surface area contributed by atoms with E-state index in [9.17, 15) is 0 Å². The van der Waals surface area contributed by atoms with Crippen LogP contribution in [0.4, 0.5) is 0 Å². The molecule has 0 amide bonds. The van der Waals surface area contributed by atoms with Crippen LogP contribution >= 0.6 is 11.8 Å². The van der Waals surface area contributed by atoms with E-state index in [4.69, 9.17) is 4.42 Å². The van der Waals surface area contributed by atoms with Crippen molar-refractivity contribution in [2.45, 2.75) is 37.7 Å². The summed E-state index contributed by atoms with van der Waals surface area (Å²) in [6.45, 7) is 5.02. The third-order valence-corrected chi connectivity index (χ3v) is 5.14. The Morgan fingerprint density at radius 3 is 2.46 bits per heavy atom. The van der Waals surface area contributed by atoms with Crippen LogP contribution in [0.3, 0.4) is 0 Å². The van der Waals surface area contributed by atoms with Gasteiger partial charge in [0.2, 0.25) is 11.8 Å². The molecule has 4 rings (SSSR count). The van der Waals surface area contributed by atoms with Gasteiger partial charge in [-0.2, -0.15) is 0 Å². The Bertz CT molecular complexity index is 1040. The number of aryl methyl sites for hydroxylation is 1. The molecule has 0 fully saturated rings. The SMILES string of the molecule is CCCn1c(SCc2nnc(-c3ccc(C)cc3)o2)nnc1-c1ccncc1. The summed E-state index contributed by atoms with van der Waals surface area (Å²) in [5.74, 6) is 2.48. The van der Waals surface area contributed by atoms with Crippen LogP contribution in [-0.4, -0.2) is 29.9 Å². The molecular formula is C20H20N6OS. The van der Waals surface area contributed by atoms with Crippen LogP contribution in [0.15, 0.2) is 58.4 Å². The summed E-state index contributed by atoms with van der Waals surface area (Å²) in [6, 6.07) is 11.9. The molecule has 0 aliphatic rings. The summed E-state index contributed by atoms with van der Waals surface area (Å²) in [5.41, 5.74) is 3.12. The summed E-state index contributed by atoms with van der Waals surface area (Å²) in [6.07, 6.45) is 4.51. The normalized spacial score (nSPS) is 11.1. The summed E-state index contributed by atoms with van der Waals surface area (Å²) in [4.78, 5) is 4.07. The van der Waals surface area contributed by atoms with Gasteiger partial charge in [0, 0.05) is 30.1 Å². The van der Waals surface area contributed by atoms with Gasteiger partial charge in [-0.1, -0.05) is 36.4 Å². The lowest BCUT2D eigenvalue weighted by molar-refractivity contribution is 0.528. The van der Waals surface area contributed by atoms with Crippen molar-refractivity contribution >= 4 is 11.8 Å². The third kappa shape index (κ3) is 3.96. The van der Waals surface area contributed by atoms with Crippen molar-refractivity contribution in [1.29, 1.82) is 0 Å². The van der Waals surface area contributed by atoms with Crippen LogP contribution in [0, 0.1) is 6.92 Å². The molecule has 1 aromatic carbocycles. The Morgan fingerprint density at radius 1 is 0.929 bits per heavy atom. The molecule has 0 saturated heterocycles. The zero-order valence-electron chi connectivity index (χ0n) is 15.7. The number of hydrogen-bond donors (Lipinski definition) is 0. The van der Waals surface area contributed by atoms with Crippen LogP contribution < -0.4 is 0 Å². The minimum atomic E-state index is 0.531. The smallest absolute Gasteiger partial charge is 0.247 e. The second-order valence-corrected chi connectivity index (χ2v) is 7.29. The van der Waals surface area contributed by atoms with Crippen molar-refractivity contribution in [3.63, 3.8) is 0 Å². The molecule has 3 aromatic heterocycles. The maximum absolute atomic E-state index is 5.81. The molecule has 7 nitrogen and oxygen atoms in total. The van der Waals surface area contributed by atoms with Crippen molar-refractivity contribution in [1.82, 2.24) is 29.9 Å². The van der Waals surface area contributed by atoms with Crippen LogP contribution in [0.25, 0.3) is 22.8 Å². The van der Waals surface area contributed by atoms with Gasteiger partial charge in [-0.3, -0.25) is 4.98 Å². The van der Waals surface area contributed by atoms with E-state index >= 15 is 0 Å². The van der Waals surface area contributed by atoms with Gasteiger partial charge in [0.25, 0.3) is 0 Å². The van der Waals surface area contributed by atoms with E-state index < -0.39 is 0 Å². The first-order chi connectivity index (χ1) is 13.7. The Labute approximate surface area is 167 Å². The van der Waals surface area contributed by atoms with Crippen molar-refractivity contribution in [2.24, 2.45) is 0 Å². The molecule has 4 aromatic rings. The van der Waals surface area contributed by atoms with Crippen molar-refractivity contribution in [2.75, 3.05) is 0 Å². The first-order valence-electron chi connectivity index (χ1n) is 9.10. The van der Waals surface area contributed by atoms with Crippen LogP contribution in [-0.2, 0) is 12.3 Å². The monoisotopic (exact) mass is 392 g/mol. The maximum atomic E-state index is 5.81. The molecule has 142 valence electrons. The van der Waals surface area contributed by atoms with Crippen LogP contribution in [0.5, 0.6) is 0 Å². The Kier molecular flexibility index (Phi) is 5.48. The van der Waals surface area contributed by atoms with E-state index in [1.54, 1.807) is 24.2 Å². The molecule has 0 unspecified atom stereocenters. The van der Waals surface area contributed by atoms with E-state index in [0.29, 0.717) is 17.5 Å². The Morgan fingerprint density at radius 2 is 1.71 bits per heavy atom. The summed E-state index contributed by atoms with van der Waals surface area (Å²) >= 11 is 1.54. The second kappa shape index (κ2) is 8.35. The topological polar surface area (TPSA) is 82.5 Å². The fourth-order valence-electron chi connectivity index (χ4n) is 2.79. The predicted octanol–water partition coefficient (Wildman–Crippen LogP) is 4.40. The van der Waals surface area contributed by atoms with Crippen molar-refractivity contribution < 1.29 is 4.42 Å². The van der Waals surface area contributed by atoms with Crippen LogP contribution in [0.1, 0.15) is 24.8 Å². The van der Waals surface area contributed by atoms with Gasteiger partial charge in [-0.05, 0) is 37.6 Å². The molecule has 0 saturated carbocycles. The molecule has 0 atom stereocenters. The van der Waals surface area contributed by atoms with Gasteiger partial charge < -0.3 is 8.98 Å².